The summed E-state index contributed by atoms with van der Waals surface area (Å²) in [6, 6.07) is 21.7. The molecule has 0 unspecified atom stereocenters. The fourth-order valence-corrected chi connectivity index (χ4v) is 5.26. The fourth-order valence-electron chi connectivity index (χ4n) is 4.08. The number of unbranched alkanes of at least 4 members (excludes halogenated alkanes) is 8. The molecule has 2 rings (SSSR count). The van der Waals surface area contributed by atoms with E-state index in [2.05, 4.69) is 60.7 Å². The molecule has 0 saturated heterocycles. The zero-order valence-corrected chi connectivity index (χ0v) is 19.5. The molecule has 0 atom stereocenters. The molecule has 2 aromatic rings. The van der Waals surface area contributed by atoms with Gasteiger partial charge in [-0.25, -0.2) is 0 Å². The number of hydrogen-bond acceptors (Lipinski definition) is 3. The summed E-state index contributed by atoms with van der Waals surface area (Å²) in [5.41, 5.74) is 2.82. The van der Waals surface area contributed by atoms with Crippen LogP contribution in [0.4, 0.5) is 0 Å². The summed E-state index contributed by atoms with van der Waals surface area (Å²) in [6.45, 7) is 1.64. The van der Waals surface area contributed by atoms with Gasteiger partial charge in [-0.3, -0.25) is 0 Å². The molecule has 0 amide bonds. The van der Waals surface area contributed by atoms with Crippen molar-refractivity contribution < 1.29 is 14.7 Å². The number of rotatable bonds is 15. The van der Waals surface area contributed by atoms with Crippen LogP contribution in [-0.2, 0) is 0 Å². The van der Waals surface area contributed by atoms with Gasteiger partial charge >= 0.3 is 111 Å². The van der Waals surface area contributed by atoms with Crippen LogP contribution in [0, 0.1) is 0 Å². The third-order valence-electron chi connectivity index (χ3n) is 6.16. The van der Waals surface area contributed by atoms with Crippen molar-refractivity contribution in [1.82, 2.24) is 0 Å². The minimum absolute atomic E-state index is 0.0704. The van der Waals surface area contributed by atoms with Gasteiger partial charge in [0.15, 0.2) is 0 Å². The van der Waals surface area contributed by atoms with Gasteiger partial charge in [-0.2, -0.15) is 0 Å². The van der Waals surface area contributed by atoms with Crippen molar-refractivity contribution in [3.63, 3.8) is 0 Å². The Hall–Kier alpha value is -1.25. The summed E-state index contributed by atoms with van der Waals surface area (Å²) < 4.78 is 0. The molecule has 3 nitrogen and oxygen atoms in total. The van der Waals surface area contributed by atoms with Gasteiger partial charge in [0, 0.05) is 0 Å². The maximum absolute atomic E-state index is 9.74. The average molecular weight is 433 g/mol. The zero-order chi connectivity index (χ0) is 21.7. The fraction of sp³-hybridized carbons (Fsp3) is 0.538. The molecular weight excluding hydrogens is 391 g/mol. The van der Waals surface area contributed by atoms with Gasteiger partial charge < -0.3 is 0 Å². The van der Waals surface area contributed by atoms with Gasteiger partial charge in [-0.15, -0.1) is 0 Å². The summed E-state index contributed by atoms with van der Waals surface area (Å²) in [7, 11) is -4.29. The molecule has 0 fully saturated rings. The molecule has 0 aliphatic heterocycles. The molecule has 0 saturated carbocycles. The Morgan fingerprint density at radius 3 is 1.43 bits per heavy atom. The molecule has 0 spiro atoms. The molecule has 0 bridgehead atoms. The molecule has 2 aromatic carbocycles. The molecule has 0 aliphatic rings. The van der Waals surface area contributed by atoms with E-state index in [0.29, 0.717) is 12.3 Å². The second kappa shape index (κ2) is 12.6. The van der Waals surface area contributed by atoms with Crippen molar-refractivity contribution in [3.05, 3.63) is 71.8 Å². The summed E-state index contributed by atoms with van der Waals surface area (Å²) in [5, 5.41) is 0. The first-order valence-electron chi connectivity index (χ1n) is 11.7. The smallest absolute Gasteiger partial charge is 0.0622 e. The van der Waals surface area contributed by atoms with Crippen molar-refractivity contribution in [1.29, 1.82) is 0 Å². The standard InChI is InChI=1S/C26H41O3P/c1-2-30(27,28,29)23-17-9-7-5-3-4-6-8-16-22-26(24-18-12-10-13-19-24)25-20-14-11-15-21-25/h10-15,18-21,26-29H,2-9,16-17,22-23H2,1H3. The van der Waals surface area contributed by atoms with Crippen molar-refractivity contribution in [2.75, 3.05) is 12.3 Å². The van der Waals surface area contributed by atoms with E-state index >= 15 is 0 Å². The minimum atomic E-state index is -4.29. The van der Waals surface area contributed by atoms with Crippen LogP contribution < -0.4 is 0 Å². The second-order valence-corrected chi connectivity index (χ2v) is 12.5. The van der Waals surface area contributed by atoms with Crippen LogP contribution >= 0.6 is 7.28 Å². The van der Waals surface area contributed by atoms with Gasteiger partial charge in [0.1, 0.15) is 0 Å². The van der Waals surface area contributed by atoms with Crippen molar-refractivity contribution >= 4 is 7.28 Å². The average Bonchev–Trinajstić information content (AvgIpc) is 2.75. The van der Waals surface area contributed by atoms with Crippen LogP contribution in [0.5, 0.6) is 0 Å². The van der Waals surface area contributed by atoms with Crippen LogP contribution in [0.2, 0.25) is 0 Å². The molecule has 0 aliphatic carbocycles. The van der Waals surface area contributed by atoms with Gasteiger partial charge in [0.2, 0.25) is 0 Å². The van der Waals surface area contributed by atoms with Crippen LogP contribution in [0.15, 0.2) is 60.7 Å². The molecule has 0 radical (unpaired) electrons. The normalized spacial score (nSPS) is 13.3. The Morgan fingerprint density at radius 2 is 1.00 bits per heavy atom. The monoisotopic (exact) mass is 432 g/mol. The molecule has 3 N–H and O–H groups in total. The first kappa shape index (κ1) is 25.0. The Kier molecular flexibility index (Phi) is 10.5. The molecule has 0 aromatic heterocycles. The predicted molar refractivity (Wildman–Crippen MR) is 130 cm³/mol. The summed E-state index contributed by atoms with van der Waals surface area (Å²) in [6.07, 6.45) is 11.7. The minimum Gasteiger partial charge on any atom is -0.0622 e. The topological polar surface area (TPSA) is 60.7 Å². The van der Waals surface area contributed by atoms with Crippen molar-refractivity contribution in [2.24, 2.45) is 0 Å². The van der Waals surface area contributed by atoms with E-state index < -0.39 is 7.28 Å². The summed E-state index contributed by atoms with van der Waals surface area (Å²) >= 11 is 0. The van der Waals surface area contributed by atoms with E-state index in [-0.39, 0.29) is 12.3 Å². The Labute approximate surface area is 183 Å². The maximum atomic E-state index is 9.74. The number of benzene rings is 2. The van der Waals surface area contributed by atoms with E-state index in [1.165, 1.54) is 56.1 Å². The second-order valence-electron chi connectivity index (χ2n) is 8.72. The molecule has 168 valence electrons. The SMILES string of the molecule is CCP(O)(O)(O)CCCCCCCCCCCC(c1ccccc1)c1ccccc1. The quantitative estimate of drug-likeness (QED) is 0.209. The third kappa shape index (κ3) is 9.71. The van der Waals surface area contributed by atoms with Gasteiger partial charge in [-0.05, 0) is 11.1 Å². The third-order valence-corrected chi connectivity index (χ3v) is 8.69. The van der Waals surface area contributed by atoms with Gasteiger partial charge in [0.05, 0.1) is 0 Å². The Balaban J connectivity index is 1.58. The van der Waals surface area contributed by atoms with Crippen LogP contribution in [0.3, 0.4) is 0 Å². The van der Waals surface area contributed by atoms with E-state index in [9.17, 15) is 14.7 Å². The first-order valence-corrected chi connectivity index (χ1v) is 14.2. The van der Waals surface area contributed by atoms with E-state index in [0.717, 1.165) is 12.8 Å². The van der Waals surface area contributed by atoms with E-state index in [4.69, 9.17) is 0 Å². The van der Waals surface area contributed by atoms with Gasteiger partial charge in [-0.1, -0.05) is 60.7 Å². The molecule has 4 heteroatoms. The van der Waals surface area contributed by atoms with E-state index in [1.807, 2.05) is 0 Å². The van der Waals surface area contributed by atoms with Crippen molar-refractivity contribution in [2.45, 2.75) is 77.0 Å². The predicted octanol–water partition coefficient (Wildman–Crippen LogP) is 7.01. The van der Waals surface area contributed by atoms with Gasteiger partial charge in [0.25, 0.3) is 0 Å². The van der Waals surface area contributed by atoms with Crippen LogP contribution in [0.1, 0.15) is 88.2 Å². The van der Waals surface area contributed by atoms with Crippen molar-refractivity contribution in [3.8, 4) is 0 Å². The Bertz CT molecular complexity index is 655. The summed E-state index contributed by atoms with van der Waals surface area (Å²) in [4.78, 5) is 29.2. The molecular formula is C26H41O3P. The first-order chi connectivity index (χ1) is 14.4. The number of hydrogen-bond donors (Lipinski definition) is 3. The molecule has 30 heavy (non-hydrogen) atoms. The molecule has 0 heterocycles. The Morgan fingerprint density at radius 1 is 0.600 bits per heavy atom. The zero-order valence-electron chi connectivity index (χ0n) is 18.6. The van der Waals surface area contributed by atoms with E-state index in [1.54, 1.807) is 6.92 Å². The summed E-state index contributed by atoms with van der Waals surface area (Å²) in [5.74, 6) is 0.485. The van der Waals surface area contributed by atoms with Crippen LogP contribution in [-0.4, -0.2) is 27.0 Å². The van der Waals surface area contributed by atoms with Crippen LogP contribution in [0.25, 0.3) is 0 Å².